The van der Waals surface area contributed by atoms with E-state index in [1.807, 2.05) is 6.92 Å². The number of rotatable bonds is 18. The van der Waals surface area contributed by atoms with Gasteiger partial charge in [-0.2, -0.15) is 0 Å². The van der Waals surface area contributed by atoms with Crippen LogP contribution in [0.25, 0.3) is 0 Å². The van der Waals surface area contributed by atoms with Gasteiger partial charge in [0, 0.05) is 5.25 Å². The first kappa shape index (κ1) is 29.1. The Labute approximate surface area is 185 Å². The van der Waals surface area contributed by atoms with E-state index < -0.39 is 15.4 Å². The van der Waals surface area contributed by atoms with Crippen molar-refractivity contribution in [3.8, 4) is 0 Å². The molecular weight excluding hydrogens is 359 g/mol. The molecule has 1 N–H and O–H groups in total. The minimum absolute atomic E-state index is 0. The fourth-order valence-corrected chi connectivity index (χ4v) is 4.32. The van der Waals surface area contributed by atoms with Crippen LogP contribution in [0, 0.1) is 0 Å². The van der Waals surface area contributed by atoms with E-state index in [1.165, 1.54) is 44.9 Å². The van der Waals surface area contributed by atoms with E-state index in [0.29, 0.717) is 12.8 Å². The fraction of sp³-hybridized carbons (Fsp3) is 1.00. The summed E-state index contributed by atoms with van der Waals surface area (Å²) in [6.45, 7) is 4.14. The summed E-state index contributed by atoms with van der Waals surface area (Å²) in [5, 5.41) is 9.28. The molecular formula is C20H41NaO4S. The van der Waals surface area contributed by atoms with Crippen LogP contribution in [-0.4, -0.2) is 29.4 Å². The molecule has 0 heterocycles. The van der Waals surface area contributed by atoms with Crippen molar-refractivity contribution >= 4 is 10.1 Å². The Balaban J connectivity index is 0. The van der Waals surface area contributed by atoms with E-state index in [0.717, 1.165) is 44.9 Å². The smallest absolute Gasteiger partial charge is 0.748 e. The fourth-order valence-electron chi connectivity index (χ4n) is 3.34. The van der Waals surface area contributed by atoms with Gasteiger partial charge in [-0.3, -0.25) is 0 Å². The van der Waals surface area contributed by atoms with Crippen LogP contribution in [0.5, 0.6) is 0 Å². The third-order valence-electron chi connectivity index (χ3n) is 4.97. The molecule has 6 heteroatoms. The maximum atomic E-state index is 11.1. The largest absolute Gasteiger partial charge is 1.00 e. The summed E-state index contributed by atoms with van der Waals surface area (Å²) in [4.78, 5) is 0. The number of aliphatic hydroxyl groups is 1. The second-order valence-corrected chi connectivity index (χ2v) is 9.11. The summed E-state index contributed by atoms with van der Waals surface area (Å²) in [6.07, 6.45) is 15.9. The Morgan fingerprint density at radius 2 is 1.12 bits per heavy atom. The maximum Gasteiger partial charge on any atom is 1.00 e. The Morgan fingerprint density at radius 1 is 0.692 bits per heavy atom. The molecule has 0 rings (SSSR count). The molecule has 0 spiro atoms. The molecule has 0 aromatic heterocycles. The van der Waals surface area contributed by atoms with Gasteiger partial charge in [-0.05, 0) is 25.7 Å². The van der Waals surface area contributed by atoms with E-state index in [9.17, 15) is 18.1 Å². The Kier molecular flexibility index (Phi) is 21.5. The predicted molar refractivity (Wildman–Crippen MR) is 105 cm³/mol. The van der Waals surface area contributed by atoms with Gasteiger partial charge in [0.1, 0.15) is 0 Å². The van der Waals surface area contributed by atoms with Crippen molar-refractivity contribution < 1.29 is 47.6 Å². The van der Waals surface area contributed by atoms with Gasteiger partial charge in [-0.1, -0.05) is 90.9 Å². The first-order valence-electron chi connectivity index (χ1n) is 10.5. The Hall–Kier alpha value is 0.870. The summed E-state index contributed by atoms with van der Waals surface area (Å²) in [7, 11) is -4.16. The normalized spacial score (nSPS) is 14.0. The van der Waals surface area contributed by atoms with Gasteiger partial charge in [0.25, 0.3) is 0 Å². The number of unbranched alkanes of at least 4 members (excludes halogenated alkanes) is 9. The van der Waals surface area contributed by atoms with Gasteiger partial charge in [0.2, 0.25) is 0 Å². The van der Waals surface area contributed by atoms with E-state index in [2.05, 4.69) is 6.92 Å². The van der Waals surface area contributed by atoms with Crippen LogP contribution in [0.2, 0.25) is 0 Å². The molecule has 0 radical (unpaired) electrons. The van der Waals surface area contributed by atoms with E-state index >= 15 is 0 Å². The summed E-state index contributed by atoms with van der Waals surface area (Å²) < 4.78 is 33.4. The third-order valence-corrected chi connectivity index (χ3v) is 6.26. The van der Waals surface area contributed by atoms with Crippen LogP contribution < -0.4 is 29.6 Å². The van der Waals surface area contributed by atoms with Crippen molar-refractivity contribution in [2.75, 3.05) is 0 Å². The third kappa shape index (κ3) is 18.2. The van der Waals surface area contributed by atoms with Gasteiger partial charge >= 0.3 is 29.6 Å². The SMILES string of the molecule is CCCCCCCCCCC(O)CCCCCC(CCC)S(=O)(=O)[O-].[Na+]. The van der Waals surface area contributed by atoms with Crippen LogP contribution >= 0.6 is 0 Å². The Morgan fingerprint density at radius 3 is 1.58 bits per heavy atom. The molecule has 0 aromatic rings. The molecule has 0 amide bonds. The van der Waals surface area contributed by atoms with E-state index in [-0.39, 0.29) is 35.7 Å². The number of hydrogen-bond donors (Lipinski definition) is 1. The molecule has 4 nitrogen and oxygen atoms in total. The molecule has 2 atom stereocenters. The Bertz CT molecular complexity index is 387. The van der Waals surface area contributed by atoms with Crippen molar-refractivity contribution in [2.24, 2.45) is 0 Å². The zero-order valence-corrected chi connectivity index (χ0v) is 20.4. The average Bonchev–Trinajstić information content (AvgIpc) is 2.55. The molecule has 0 aliphatic heterocycles. The molecule has 2 unspecified atom stereocenters. The summed E-state index contributed by atoms with van der Waals surface area (Å²) >= 11 is 0. The van der Waals surface area contributed by atoms with Crippen LogP contribution in [0.15, 0.2) is 0 Å². The molecule has 152 valence electrons. The summed E-state index contributed by atoms with van der Waals surface area (Å²) in [5.41, 5.74) is 0. The minimum atomic E-state index is -4.16. The van der Waals surface area contributed by atoms with Crippen molar-refractivity contribution in [3.63, 3.8) is 0 Å². The topological polar surface area (TPSA) is 77.4 Å². The second-order valence-electron chi connectivity index (χ2n) is 7.46. The van der Waals surface area contributed by atoms with E-state index in [1.54, 1.807) is 0 Å². The first-order valence-corrected chi connectivity index (χ1v) is 12.0. The van der Waals surface area contributed by atoms with Crippen molar-refractivity contribution in [3.05, 3.63) is 0 Å². The number of aliphatic hydroxyl groups excluding tert-OH is 1. The molecule has 0 bridgehead atoms. The van der Waals surface area contributed by atoms with Crippen LogP contribution in [0.3, 0.4) is 0 Å². The molecule has 0 aliphatic rings. The zero-order valence-electron chi connectivity index (χ0n) is 17.5. The van der Waals surface area contributed by atoms with Crippen molar-refractivity contribution in [1.82, 2.24) is 0 Å². The van der Waals surface area contributed by atoms with Crippen molar-refractivity contribution in [1.29, 1.82) is 0 Å². The first-order chi connectivity index (χ1) is 11.9. The summed E-state index contributed by atoms with van der Waals surface area (Å²) in [6, 6.07) is 0. The minimum Gasteiger partial charge on any atom is -0.748 e. The second kappa shape index (κ2) is 19.2. The van der Waals surface area contributed by atoms with Gasteiger partial charge < -0.3 is 9.66 Å². The molecule has 0 saturated heterocycles. The van der Waals surface area contributed by atoms with E-state index in [4.69, 9.17) is 0 Å². The van der Waals surface area contributed by atoms with Gasteiger partial charge in [-0.15, -0.1) is 0 Å². The van der Waals surface area contributed by atoms with Crippen molar-refractivity contribution in [2.45, 2.75) is 128 Å². The summed E-state index contributed by atoms with van der Waals surface area (Å²) in [5.74, 6) is 0. The van der Waals surface area contributed by atoms with Crippen LogP contribution in [-0.2, 0) is 10.1 Å². The molecule has 0 aliphatic carbocycles. The van der Waals surface area contributed by atoms with Crippen LogP contribution in [0.4, 0.5) is 0 Å². The maximum absolute atomic E-state index is 11.1. The zero-order chi connectivity index (χ0) is 19.0. The van der Waals surface area contributed by atoms with Crippen LogP contribution in [0.1, 0.15) is 117 Å². The van der Waals surface area contributed by atoms with Gasteiger partial charge in [0.05, 0.1) is 16.2 Å². The predicted octanol–water partition coefficient (Wildman–Crippen LogP) is 2.55. The number of hydrogen-bond acceptors (Lipinski definition) is 4. The molecule has 0 aromatic carbocycles. The quantitative estimate of drug-likeness (QED) is 0.218. The standard InChI is InChI=1S/C20H42O4S.Na/c1-3-5-6-7-8-9-10-12-16-19(21)17-13-11-14-18-20(15-4-2)25(22,23)24;/h19-21H,3-18H2,1-2H3,(H,22,23,24);/q;+1/p-1. The molecule has 0 fully saturated rings. The van der Waals surface area contributed by atoms with Gasteiger partial charge in [-0.25, -0.2) is 8.42 Å². The monoisotopic (exact) mass is 400 g/mol. The molecule has 0 saturated carbocycles. The van der Waals surface area contributed by atoms with Gasteiger partial charge in [0.15, 0.2) is 0 Å². The molecule has 26 heavy (non-hydrogen) atoms. The average molecular weight is 401 g/mol.